The van der Waals surface area contributed by atoms with Crippen molar-refractivity contribution < 1.29 is 14.6 Å². The van der Waals surface area contributed by atoms with Gasteiger partial charge in [0.25, 0.3) is 0 Å². The number of nitrogens with zero attached hydrogens (tertiary/aromatic N) is 2. The average molecular weight is 297 g/mol. The number of carboxylic acid groups (broad SMARTS) is 1. The first kappa shape index (κ1) is 13.6. The average Bonchev–Trinajstić information content (AvgIpc) is 2.38. The molecule has 0 bridgehead atoms. The number of carbonyl (C=O) groups is 1. The summed E-state index contributed by atoms with van der Waals surface area (Å²) in [6.07, 6.45) is 3.22. The van der Waals surface area contributed by atoms with Crippen molar-refractivity contribution in [2.45, 2.75) is 5.03 Å². The van der Waals surface area contributed by atoms with Crippen molar-refractivity contribution in [1.82, 2.24) is 9.97 Å². The number of benzene rings is 1. The maximum absolute atomic E-state index is 11.1. The van der Waals surface area contributed by atoms with E-state index < -0.39 is 5.97 Å². The van der Waals surface area contributed by atoms with Crippen LogP contribution in [0.2, 0.25) is 5.02 Å². The number of carboxylic acids is 1. The number of hydrogen-bond acceptors (Lipinski definition) is 5. The predicted molar refractivity (Wildman–Crippen MR) is 72.3 cm³/mol. The highest BCUT2D eigenvalue weighted by Gasteiger charge is 2.13. The highest BCUT2D eigenvalue weighted by atomic mass is 35.5. The molecule has 1 heterocycles. The van der Waals surface area contributed by atoms with E-state index in [1.165, 1.54) is 36.3 Å². The van der Waals surface area contributed by atoms with Gasteiger partial charge in [-0.15, -0.1) is 11.8 Å². The van der Waals surface area contributed by atoms with Crippen LogP contribution in [0.5, 0.6) is 11.6 Å². The zero-order valence-electron chi connectivity index (χ0n) is 9.83. The Morgan fingerprint density at radius 3 is 2.84 bits per heavy atom. The molecular weight excluding hydrogens is 288 g/mol. The molecule has 98 valence electrons. The van der Waals surface area contributed by atoms with E-state index in [1.807, 2.05) is 6.26 Å². The SMILES string of the molecule is CSc1cc(Oc2cc(Cl)ccc2C(=O)O)ncn1. The van der Waals surface area contributed by atoms with Crippen molar-refractivity contribution in [3.63, 3.8) is 0 Å². The summed E-state index contributed by atoms with van der Waals surface area (Å²) in [5.74, 6) is -0.680. The molecule has 0 aliphatic rings. The van der Waals surface area contributed by atoms with Crippen LogP contribution in [-0.2, 0) is 0 Å². The van der Waals surface area contributed by atoms with Crippen LogP contribution in [0.1, 0.15) is 10.4 Å². The second-order valence-electron chi connectivity index (χ2n) is 3.45. The summed E-state index contributed by atoms with van der Waals surface area (Å²) >= 11 is 7.27. The van der Waals surface area contributed by atoms with E-state index in [0.29, 0.717) is 5.02 Å². The van der Waals surface area contributed by atoms with Gasteiger partial charge in [0.05, 0.1) is 0 Å². The minimum absolute atomic E-state index is 0.0220. The van der Waals surface area contributed by atoms with Crippen molar-refractivity contribution in [3.05, 3.63) is 41.2 Å². The van der Waals surface area contributed by atoms with Gasteiger partial charge in [-0.2, -0.15) is 0 Å². The summed E-state index contributed by atoms with van der Waals surface area (Å²) in [6.45, 7) is 0. The van der Waals surface area contributed by atoms with Crippen LogP contribution in [0.25, 0.3) is 0 Å². The van der Waals surface area contributed by atoms with Crippen molar-refractivity contribution >= 4 is 29.3 Å². The highest BCUT2D eigenvalue weighted by molar-refractivity contribution is 7.98. The number of aromatic carboxylic acids is 1. The Bertz CT molecular complexity index is 622. The van der Waals surface area contributed by atoms with Gasteiger partial charge in [-0.3, -0.25) is 0 Å². The summed E-state index contributed by atoms with van der Waals surface area (Å²) in [5, 5.41) is 10.2. The quantitative estimate of drug-likeness (QED) is 0.689. The van der Waals surface area contributed by atoms with Gasteiger partial charge in [-0.05, 0) is 18.4 Å². The summed E-state index contributed by atoms with van der Waals surface area (Å²) in [6, 6.07) is 5.94. The Balaban J connectivity index is 2.36. The first-order chi connectivity index (χ1) is 9.10. The molecule has 0 saturated heterocycles. The largest absolute Gasteiger partial charge is 0.478 e. The third-order valence-electron chi connectivity index (χ3n) is 2.21. The van der Waals surface area contributed by atoms with Crippen LogP contribution < -0.4 is 4.74 Å². The van der Waals surface area contributed by atoms with Crippen LogP contribution in [-0.4, -0.2) is 27.3 Å². The van der Waals surface area contributed by atoms with Crippen molar-refractivity contribution in [3.8, 4) is 11.6 Å². The van der Waals surface area contributed by atoms with Gasteiger partial charge >= 0.3 is 5.97 Å². The third-order valence-corrected chi connectivity index (χ3v) is 3.09. The molecular formula is C12H9ClN2O3S. The second-order valence-corrected chi connectivity index (χ2v) is 4.71. The molecule has 0 amide bonds. The normalized spacial score (nSPS) is 10.2. The maximum Gasteiger partial charge on any atom is 0.339 e. The molecule has 0 aliphatic carbocycles. The van der Waals surface area contributed by atoms with Gasteiger partial charge in [-0.1, -0.05) is 11.6 Å². The smallest absolute Gasteiger partial charge is 0.339 e. The van der Waals surface area contributed by atoms with Crippen molar-refractivity contribution in [2.24, 2.45) is 0 Å². The van der Waals surface area contributed by atoms with Gasteiger partial charge in [0, 0.05) is 17.2 Å². The van der Waals surface area contributed by atoms with Gasteiger partial charge in [0.15, 0.2) is 0 Å². The second kappa shape index (κ2) is 5.90. The molecule has 0 radical (unpaired) electrons. The molecule has 19 heavy (non-hydrogen) atoms. The lowest BCUT2D eigenvalue weighted by Gasteiger charge is -2.08. The Hall–Kier alpha value is -1.79. The van der Waals surface area contributed by atoms with Crippen LogP contribution in [0.4, 0.5) is 0 Å². The molecule has 1 aromatic carbocycles. The van der Waals surface area contributed by atoms with Gasteiger partial charge in [-0.25, -0.2) is 14.8 Å². The minimum atomic E-state index is -1.09. The number of hydrogen-bond donors (Lipinski definition) is 1. The molecule has 2 rings (SSSR count). The first-order valence-electron chi connectivity index (χ1n) is 5.17. The van der Waals surface area contributed by atoms with Crippen LogP contribution in [0.15, 0.2) is 35.6 Å². The van der Waals surface area contributed by atoms with E-state index >= 15 is 0 Å². The van der Waals surface area contributed by atoms with E-state index in [2.05, 4.69) is 9.97 Å². The van der Waals surface area contributed by atoms with E-state index in [-0.39, 0.29) is 17.2 Å². The molecule has 0 unspecified atom stereocenters. The fraction of sp³-hybridized carbons (Fsp3) is 0.0833. The predicted octanol–water partition coefficient (Wildman–Crippen LogP) is 3.34. The number of rotatable bonds is 4. The van der Waals surface area contributed by atoms with E-state index in [1.54, 1.807) is 6.07 Å². The third kappa shape index (κ3) is 3.36. The fourth-order valence-corrected chi connectivity index (χ4v) is 1.89. The molecule has 0 spiro atoms. The molecule has 1 aromatic heterocycles. The lowest BCUT2D eigenvalue weighted by atomic mass is 10.2. The molecule has 1 N–H and O–H groups in total. The Labute approximate surface area is 118 Å². The minimum Gasteiger partial charge on any atom is -0.478 e. The Morgan fingerprint density at radius 1 is 1.37 bits per heavy atom. The number of thioether (sulfide) groups is 1. The van der Waals surface area contributed by atoms with E-state index in [4.69, 9.17) is 21.4 Å². The fourth-order valence-electron chi connectivity index (χ4n) is 1.36. The number of ether oxygens (including phenoxy) is 1. The van der Waals surface area contributed by atoms with Gasteiger partial charge < -0.3 is 9.84 Å². The Morgan fingerprint density at radius 2 is 2.16 bits per heavy atom. The van der Waals surface area contributed by atoms with Crippen molar-refractivity contribution in [1.29, 1.82) is 0 Å². The summed E-state index contributed by atoms with van der Waals surface area (Å²) in [7, 11) is 0. The van der Waals surface area contributed by atoms with Crippen LogP contribution in [0.3, 0.4) is 0 Å². The van der Waals surface area contributed by atoms with E-state index in [9.17, 15) is 4.79 Å². The number of aromatic nitrogens is 2. The summed E-state index contributed by atoms with van der Waals surface area (Å²) in [4.78, 5) is 19.0. The molecule has 0 fully saturated rings. The monoisotopic (exact) mass is 296 g/mol. The molecule has 0 atom stereocenters. The zero-order valence-corrected chi connectivity index (χ0v) is 11.4. The van der Waals surface area contributed by atoms with Crippen LogP contribution in [0, 0.1) is 0 Å². The molecule has 7 heteroatoms. The van der Waals surface area contributed by atoms with Gasteiger partial charge in [0.2, 0.25) is 5.88 Å². The molecule has 0 aliphatic heterocycles. The van der Waals surface area contributed by atoms with Crippen molar-refractivity contribution in [2.75, 3.05) is 6.26 Å². The van der Waals surface area contributed by atoms with Gasteiger partial charge in [0.1, 0.15) is 22.7 Å². The lowest BCUT2D eigenvalue weighted by Crippen LogP contribution is -2.00. The summed E-state index contributed by atoms with van der Waals surface area (Å²) < 4.78 is 5.46. The molecule has 0 saturated carbocycles. The number of halogens is 1. The maximum atomic E-state index is 11.1. The standard InChI is InChI=1S/C12H9ClN2O3S/c1-19-11-5-10(14-6-15-11)18-9-4-7(13)2-3-8(9)12(16)17/h2-6H,1H3,(H,16,17). The highest BCUT2D eigenvalue weighted by Crippen LogP contribution is 2.28. The molecule has 5 nitrogen and oxygen atoms in total. The summed E-state index contributed by atoms with van der Waals surface area (Å²) in [5.41, 5.74) is 0.0220. The first-order valence-corrected chi connectivity index (χ1v) is 6.77. The Kier molecular flexibility index (Phi) is 4.24. The molecule has 2 aromatic rings. The topological polar surface area (TPSA) is 72.3 Å². The van der Waals surface area contributed by atoms with Crippen LogP contribution >= 0.6 is 23.4 Å². The lowest BCUT2D eigenvalue weighted by molar-refractivity contribution is 0.0694. The van der Waals surface area contributed by atoms with E-state index in [0.717, 1.165) is 5.03 Å². The zero-order chi connectivity index (χ0) is 13.8.